The molecule has 27 heavy (non-hydrogen) atoms. The summed E-state index contributed by atoms with van der Waals surface area (Å²) in [6, 6.07) is 14.9. The van der Waals surface area contributed by atoms with Crippen LogP contribution in [0.25, 0.3) is 21.5 Å². The highest BCUT2D eigenvalue weighted by Gasteiger charge is 2.15. The number of halogens is 1. The lowest BCUT2D eigenvalue weighted by atomic mass is 10.1. The smallest absolute Gasteiger partial charge is 0.273 e. The molecule has 1 N–H and O–H groups in total. The van der Waals surface area contributed by atoms with Gasteiger partial charge in [0.1, 0.15) is 28.3 Å². The van der Waals surface area contributed by atoms with Crippen LogP contribution in [0, 0.1) is 5.82 Å². The molecule has 0 spiro atoms. The Balaban J connectivity index is 1.60. The molecule has 0 aliphatic carbocycles. The third kappa shape index (κ3) is 3.47. The van der Waals surface area contributed by atoms with E-state index in [1.165, 1.54) is 35.2 Å². The van der Waals surface area contributed by atoms with Crippen molar-refractivity contribution in [2.45, 2.75) is 6.54 Å². The Morgan fingerprint density at radius 1 is 1.11 bits per heavy atom. The van der Waals surface area contributed by atoms with Gasteiger partial charge in [0.25, 0.3) is 5.56 Å². The zero-order chi connectivity index (χ0) is 18.8. The first-order valence-electron chi connectivity index (χ1n) is 8.07. The third-order valence-electron chi connectivity index (χ3n) is 3.94. The molecule has 8 heteroatoms. The van der Waals surface area contributed by atoms with Gasteiger partial charge in [0.2, 0.25) is 5.91 Å². The van der Waals surface area contributed by atoms with Crippen LogP contribution >= 0.6 is 11.5 Å². The normalized spacial score (nSPS) is 10.9. The third-order valence-corrected chi connectivity index (χ3v) is 4.76. The number of hydrogen-bond donors (Lipinski definition) is 1. The molecular formula is C19H13FN4O2S. The van der Waals surface area contributed by atoms with Crippen LogP contribution in [0.15, 0.2) is 65.7 Å². The number of benzene rings is 2. The van der Waals surface area contributed by atoms with Gasteiger partial charge in [0, 0.05) is 11.3 Å². The fourth-order valence-corrected chi connectivity index (χ4v) is 3.45. The van der Waals surface area contributed by atoms with Crippen molar-refractivity contribution in [2.24, 2.45) is 0 Å². The van der Waals surface area contributed by atoms with E-state index >= 15 is 0 Å². The highest BCUT2D eigenvalue weighted by Crippen LogP contribution is 2.26. The minimum atomic E-state index is -0.405. The number of nitrogens with zero attached hydrogens (tertiary/aromatic N) is 3. The molecule has 0 atom stereocenters. The predicted molar refractivity (Wildman–Crippen MR) is 102 cm³/mol. The van der Waals surface area contributed by atoms with E-state index in [-0.39, 0.29) is 12.1 Å². The molecule has 2 aromatic carbocycles. The summed E-state index contributed by atoms with van der Waals surface area (Å²) in [5, 5.41) is 2.62. The van der Waals surface area contributed by atoms with E-state index in [2.05, 4.69) is 14.7 Å². The monoisotopic (exact) mass is 380 g/mol. The number of amides is 1. The summed E-state index contributed by atoms with van der Waals surface area (Å²) in [7, 11) is 0. The van der Waals surface area contributed by atoms with Gasteiger partial charge in [-0.25, -0.2) is 9.37 Å². The number of rotatable bonds is 4. The Labute approximate surface area is 157 Å². The maximum absolute atomic E-state index is 12.9. The molecule has 0 saturated heterocycles. The number of fused-ring (bicyclic) bond motifs is 1. The second-order valence-corrected chi connectivity index (χ2v) is 6.58. The Hall–Kier alpha value is -3.39. The lowest BCUT2D eigenvalue weighted by molar-refractivity contribution is -0.116. The molecule has 0 aliphatic heterocycles. The van der Waals surface area contributed by atoms with Crippen LogP contribution in [0.4, 0.5) is 10.1 Å². The van der Waals surface area contributed by atoms with Crippen molar-refractivity contribution >= 4 is 33.3 Å². The molecule has 0 saturated carbocycles. The SMILES string of the molecule is O=C(Cn1cnc2c(-c3ccccc3)nsc2c1=O)Nc1ccc(F)cc1. The van der Waals surface area contributed by atoms with E-state index in [0.29, 0.717) is 21.6 Å². The standard InChI is InChI=1S/C19H13FN4O2S/c20-13-6-8-14(9-7-13)22-15(25)10-24-11-21-17-16(12-4-2-1-3-5-12)23-27-18(17)19(24)26/h1-9,11H,10H2,(H,22,25). The molecule has 0 aliphatic rings. The fraction of sp³-hybridized carbons (Fsp3) is 0.0526. The molecule has 1 amide bonds. The molecule has 0 radical (unpaired) electrons. The highest BCUT2D eigenvalue weighted by molar-refractivity contribution is 7.13. The molecule has 4 aromatic rings. The second kappa shape index (κ2) is 7.08. The molecule has 0 unspecified atom stereocenters. The number of carbonyl (C=O) groups excluding carboxylic acids is 1. The van der Waals surface area contributed by atoms with Gasteiger partial charge in [-0.2, -0.15) is 4.37 Å². The van der Waals surface area contributed by atoms with Crippen molar-refractivity contribution in [2.75, 3.05) is 5.32 Å². The van der Waals surface area contributed by atoms with Gasteiger partial charge < -0.3 is 5.32 Å². The van der Waals surface area contributed by atoms with Crippen molar-refractivity contribution in [3.8, 4) is 11.3 Å². The summed E-state index contributed by atoms with van der Waals surface area (Å²) >= 11 is 1.06. The second-order valence-electron chi connectivity index (χ2n) is 5.81. The highest BCUT2D eigenvalue weighted by atomic mass is 32.1. The van der Waals surface area contributed by atoms with E-state index in [0.717, 1.165) is 17.1 Å². The molecular weight excluding hydrogens is 367 g/mol. The zero-order valence-corrected chi connectivity index (χ0v) is 14.7. The first-order valence-corrected chi connectivity index (χ1v) is 8.85. The van der Waals surface area contributed by atoms with Gasteiger partial charge in [-0.1, -0.05) is 30.3 Å². The Morgan fingerprint density at radius 3 is 2.59 bits per heavy atom. The summed E-state index contributed by atoms with van der Waals surface area (Å²) in [4.78, 5) is 29.2. The molecule has 0 fully saturated rings. The van der Waals surface area contributed by atoms with Crippen molar-refractivity contribution in [1.29, 1.82) is 0 Å². The van der Waals surface area contributed by atoms with E-state index in [1.807, 2.05) is 30.3 Å². The lowest BCUT2D eigenvalue weighted by Crippen LogP contribution is -2.27. The largest absolute Gasteiger partial charge is 0.325 e. The van der Waals surface area contributed by atoms with Gasteiger partial charge in [0.05, 0.1) is 6.33 Å². The van der Waals surface area contributed by atoms with Crippen LogP contribution in [0.5, 0.6) is 0 Å². The average molecular weight is 380 g/mol. The molecule has 4 rings (SSSR count). The summed E-state index contributed by atoms with van der Waals surface area (Å²) in [6.45, 7) is -0.197. The topological polar surface area (TPSA) is 76.9 Å². The Morgan fingerprint density at radius 2 is 1.85 bits per heavy atom. The van der Waals surface area contributed by atoms with Gasteiger partial charge in [0.15, 0.2) is 0 Å². The van der Waals surface area contributed by atoms with Crippen LogP contribution in [0.3, 0.4) is 0 Å². The van der Waals surface area contributed by atoms with Crippen LogP contribution in [-0.4, -0.2) is 19.8 Å². The predicted octanol–water partition coefficient (Wildman–Crippen LogP) is 3.30. The van der Waals surface area contributed by atoms with Crippen molar-refractivity contribution in [3.05, 3.63) is 77.1 Å². The number of anilines is 1. The van der Waals surface area contributed by atoms with E-state index in [9.17, 15) is 14.0 Å². The van der Waals surface area contributed by atoms with Crippen LogP contribution < -0.4 is 10.9 Å². The van der Waals surface area contributed by atoms with Gasteiger partial charge in [-0.15, -0.1) is 0 Å². The van der Waals surface area contributed by atoms with Crippen molar-refractivity contribution in [1.82, 2.24) is 13.9 Å². The molecule has 6 nitrogen and oxygen atoms in total. The van der Waals surface area contributed by atoms with E-state index < -0.39 is 11.7 Å². The molecule has 2 aromatic heterocycles. The van der Waals surface area contributed by atoms with E-state index in [4.69, 9.17) is 0 Å². The van der Waals surface area contributed by atoms with Crippen LogP contribution in [0.2, 0.25) is 0 Å². The maximum atomic E-state index is 12.9. The molecule has 0 bridgehead atoms. The van der Waals surface area contributed by atoms with Crippen molar-refractivity contribution in [3.63, 3.8) is 0 Å². The fourth-order valence-electron chi connectivity index (χ4n) is 2.64. The Bertz CT molecular complexity index is 1170. The summed E-state index contributed by atoms with van der Waals surface area (Å²) in [5.41, 5.74) is 2.17. The van der Waals surface area contributed by atoms with Gasteiger partial charge >= 0.3 is 0 Å². The van der Waals surface area contributed by atoms with Gasteiger partial charge in [-0.05, 0) is 35.8 Å². The zero-order valence-electron chi connectivity index (χ0n) is 13.9. The van der Waals surface area contributed by atoms with Crippen LogP contribution in [0.1, 0.15) is 0 Å². The van der Waals surface area contributed by atoms with Gasteiger partial charge in [-0.3, -0.25) is 14.2 Å². The molecule has 2 heterocycles. The minimum absolute atomic E-state index is 0.197. The first-order chi connectivity index (χ1) is 13.1. The Kier molecular flexibility index (Phi) is 4.47. The summed E-state index contributed by atoms with van der Waals surface area (Å²) < 4.78 is 18.9. The quantitative estimate of drug-likeness (QED) is 0.589. The summed E-state index contributed by atoms with van der Waals surface area (Å²) in [6.07, 6.45) is 1.34. The molecule has 134 valence electrons. The van der Waals surface area contributed by atoms with Crippen molar-refractivity contribution < 1.29 is 9.18 Å². The first kappa shape index (κ1) is 17.0. The number of carbonyl (C=O) groups is 1. The average Bonchev–Trinajstić information content (AvgIpc) is 3.11. The number of hydrogen-bond acceptors (Lipinski definition) is 5. The lowest BCUT2D eigenvalue weighted by Gasteiger charge is -2.07. The summed E-state index contributed by atoms with van der Waals surface area (Å²) in [5.74, 6) is -0.795. The number of nitrogens with one attached hydrogen (secondary N) is 1. The maximum Gasteiger partial charge on any atom is 0.273 e. The number of aromatic nitrogens is 3. The minimum Gasteiger partial charge on any atom is -0.325 e. The van der Waals surface area contributed by atoms with Crippen LogP contribution in [-0.2, 0) is 11.3 Å². The van der Waals surface area contributed by atoms with E-state index in [1.54, 1.807) is 0 Å².